The highest BCUT2D eigenvalue weighted by atomic mass is 16.5. The minimum Gasteiger partial charge on any atom is -0.481 e. The van der Waals surface area contributed by atoms with Gasteiger partial charge in [0, 0.05) is 25.2 Å². The molecule has 0 aromatic heterocycles. The van der Waals surface area contributed by atoms with Gasteiger partial charge in [0.1, 0.15) is 5.75 Å². The normalized spacial score (nSPS) is 24.3. The van der Waals surface area contributed by atoms with Crippen LogP contribution in [0.25, 0.3) is 0 Å². The molecule has 1 heterocycles. The number of carbonyl (C=O) groups excluding carboxylic acids is 1. The fourth-order valence-corrected chi connectivity index (χ4v) is 2.54. The SMILES string of the molecule is Cc1cccc(OC(C)C(=O)N2CCNC(C)C2C)c1. The molecule has 1 aliphatic heterocycles. The summed E-state index contributed by atoms with van der Waals surface area (Å²) in [6.45, 7) is 9.61. The lowest BCUT2D eigenvalue weighted by Crippen LogP contribution is -2.59. The summed E-state index contributed by atoms with van der Waals surface area (Å²) in [5, 5.41) is 3.38. The third-order valence-electron chi connectivity index (χ3n) is 3.97. The van der Waals surface area contributed by atoms with Gasteiger partial charge in [0.25, 0.3) is 5.91 Å². The van der Waals surface area contributed by atoms with Crippen molar-refractivity contribution < 1.29 is 9.53 Å². The lowest BCUT2D eigenvalue weighted by atomic mass is 10.1. The summed E-state index contributed by atoms with van der Waals surface area (Å²) in [4.78, 5) is 14.4. The van der Waals surface area contributed by atoms with Crippen LogP contribution in [-0.4, -0.2) is 42.1 Å². The summed E-state index contributed by atoms with van der Waals surface area (Å²) in [5.74, 6) is 0.814. The predicted octanol–water partition coefficient (Wildman–Crippen LogP) is 1.97. The standard InChI is InChI=1S/C16H24N2O2/c1-11-6-5-7-15(10-11)20-14(4)16(19)18-9-8-17-12(2)13(18)3/h5-7,10,12-14,17H,8-9H2,1-4H3. The Morgan fingerprint density at radius 1 is 1.45 bits per heavy atom. The van der Waals surface area contributed by atoms with Gasteiger partial charge in [0.15, 0.2) is 6.10 Å². The quantitative estimate of drug-likeness (QED) is 0.917. The van der Waals surface area contributed by atoms with Crippen molar-refractivity contribution in [2.45, 2.75) is 45.9 Å². The van der Waals surface area contributed by atoms with Gasteiger partial charge in [-0.15, -0.1) is 0 Å². The Labute approximate surface area is 121 Å². The van der Waals surface area contributed by atoms with E-state index >= 15 is 0 Å². The van der Waals surface area contributed by atoms with E-state index < -0.39 is 6.10 Å². The first-order chi connectivity index (χ1) is 9.49. The van der Waals surface area contributed by atoms with Crippen LogP contribution in [0.2, 0.25) is 0 Å². The van der Waals surface area contributed by atoms with E-state index in [-0.39, 0.29) is 11.9 Å². The smallest absolute Gasteiger partial charge is 0.263 e. The summed E-state index contributed by atoms with van der Waals surface area (Å²) in [5.41, 5.74) is 1.13. The van der Waals surface area contributed by atoms with Gasteiger partial charge < -0.3 is 15.0 Å². The molecule has 1 aromatic carbocycles. The molecule has 1 aromatic rings. The maximum Gasteiger partial charge on any atom is 0.263 e. The molecular weight excluding hydrogens is 252 g/mol. The third kappa shape index (κ3) is 3.31. The molecule has 3 atom stereocenters. The number of hydrogen-bond donors (Lipinski definition) is 1. The fraction of sp³-hybridized carbons (Fsp3) is 0.562. The molecule has 3 unspecified atom stereocenters. The number of benzene rings is 1. The maximum absolute atomic E-state index is 12.5. The first-order valence-electron chi connectivity index (χ1n) is 7.26. The second-order valence-corrected chi connectivity index (χ2v) is 5.59. The molecule has 4 heteroatoms. The van der Waals surface area contributed by atoms with E-state index in [1.807, 2.05) is 43.0 Å². The Bertz CT molecular complexity index is 475. The third-order valence-corrected chi connectivity index (χ3v) is 3.97. The van der Waals surface area contributed by atoms with Crippen LogP contribution in [0.15, 0.2) is 24.3 Å². The number of ether oxygens (including phenoxy) is 1. The lowest BCUT2D eigenvalue weighted by molar-refractivity contribution is -0.141. The van der Waals surface area contributed by atoms with Crippen LogP contribution in [0.3, 0.4) is 0 Å². The van der Waals surface area contributed by atoms with Gasteiger partial charge in [-0.3, -0.25) is 4.79 Å². The number of aryl methyl sites for hydroxylation is 1. The fourth-order valence-electron chi connectivity index (χ4n) is 2.54. The zero-order valence-corrected chi connectivity index (χ0v) is 12.7. The van der Waals surface area contributed by atoms with Crippen LogP contribution in [0.4, 0.5) is 0 Å². The maximum atomic E-state index is 12.5. The van der Waals surface area contributed by atoms with Crippen molar-refractivity contribution in [3.8, 4) is 5.75 Å². The minimum absolute atomic E-state index is 0.0624. The molecule has 0 bridgehead atoms. The summed E-state index contributed by atoms with van der Waals surface area (Å²) in [6.07, 6.45) is -0.454. The van der Waals surface area contributed by atoms with Crippen molar-refractivity contribution in [1.82, 2.24) is 10.2 Å². The van der Waals surface area contributed by atoms with Crippen molar-refractivity contribution in [2.75, 3.05) is 13.1 Å². The first-order valence-corrected chi connectivity index (χ1v) is 7.26. The molecule has 4 nitrogen and oxygen atoms in total. The van der Waals surface area contributed by atoms with Crippen molar-refractivity contribution in [2.24, 2.45) is 0 Å². The zero-order valence-electron chi connectivity index (χ0n) is 12.7. The molecule has 0 saturated carbocycles. The van der Waals surface area contributed by atoms with E-state index in [0.717, 1.165) is 24.4 Å². The van der Waals surface area contributed by atoms with Gasteiger partial charge in [-0.05, 0) is 45.4 Å². The highest BCUT2D eigenvalue weighted by Gasteiger charge is 2.31. The van der Waals surface area contributed by atoms with Crippen LogP contribution >= 0.6 is 0 Å². The number of nitrogens with one attached hydrogen (secondary N) is 1. The number of hydrogen-bond acceptors (Lipinski definition) is 3. The van der Waals surface area contributed by atoms with Gasteiger partial charge in [0.2, 0.25) is 0 Å². The molecule has 0 radical (unpaired) electrons. The van der Waals surface area contributed by atoms with Gasteiger partial charge in [-0.1, -0.05) is 12.1 Å². The Hall–Kier alpha value is -1.55. The number of rotatable bonds is 3. The average Bonchev–Trinajstić information content (AvgIpc) is 2.41. The van der Waals surface area contributed by atoms with Crippen molar-refractivity contribution in [3.63, 3.8) is 0 Å². The molecule has 20 heavy (non-hydrogen) atoms. The van der Waals surface area contributed by atoms with E-state index in [1.165, 1.54) is 0 Å². The Kier molecular flexibility index (Phi) is 4.65. The monoisotopic (exact) mass is 276 g/mol. The molecule has 1 aliphatic rings. The Morgan fingerprint density at radius 2 is 2.20 bits per heavy atom. The minimum atomic E-state index is -0.454. The van der Waals surface area contributed by atoms with Gasteiger partial charge in [0.05, 0.1) is 0 Å². The molecule has 1 saturated heterocycles. The molecule has 0 spiro atoms. The number of piperazine rings is 1. The van der Waals surface area contributed by atoms with Crippen LogP contribution in [0.5, 0.6) is 5.75 Å². The van der Waals surface area contributed by atoms with Crippen molar-refractivity contribution >= 4 is 5.91 Å². The average molecular weight is 276 g/mol. The number of nitrogens with zero attached hydrogens (tertiary/aromatic N) is 1. The Morgan fingerprint density at radius 3 is 2.90 bits per heavy atom. The van der Waals surface area contributed by atoms with E-state index in [0.29, 0.717) is 6.04 Å². The molecule has 110 valence electrons. The number of amides is 1. The summed E-state index contributed by atoms with van der Waals surface area (Å²) >= 11 is 0. The first kappa shape index (κ1) is 14.9. The van der Waals surface area contributed by atoms with E-state index in [2.05, 4.69) is 19.2 Å². The second kappa shape index (κ2) is 6.27. The summed E-state index contributed by atoms with van der Waals surface area (Å²) < 4.78 is 5.78. The van der Waals surface area contributed by atoms with Crippen LogP contribution in [-0.2, 0) is 4.79 Å². The zero-order chi connectivity index (χ0) is 14.7. The molecule has 0 aliphatic carbocycles. The van der Waals surface area contributed by atoms with Crippen molar-refractivity contribution in [1.29, 1.82) is 0 Å². The number of carbonyl (C=O) groups is 1. The lowest BCUT2D eigenvalue weighted by Gasteiger charge is -2.39. The molecule has 1 fully saturated rings. The Balaban J connectivity index is 2.01. The topological polar surface area (TPSA) is 41.6 Å². The molecule has 2 rings (SSSR count). The van der Waals surface area contributed by atoms with Crippen LogP contribution < -0.4 is 10.1 Å². The predicted molar refractivity (Wildman–Crippen MR) is 79.9 cm³/mol. The summed E-state index contributed by atoms with van der Waals surface area (Å²) in [6, 6.07) is 8.31. The van der Waals surface area contributed by atoms with E-state index in [4.69, 9.17) is 4.74 Å². The van der Waals surface area contributed by atoms with Gasteiger partial charge in [-0.25, -0.2) is 0 Å². The van der Waals surface area contributed by atoms with Crippen LogP contribution in [0, 0.1) is 6.92 Å². The molecular formula is C16H24N2O2. The highest BCUT2D eigenvalue weighted by molar-refractivity contribution is 5.81. The highest BCUT2D eigenvalue weighted by Crippen LogP contribution is 2.17. The van der Waals surface area contributed by atoms with Crippen LogP contribution in [0.1, 0.15) is 26.3 Å². The van der Waals surface area contributed by atoms with Gasteiger partial charge in [-0.2, -0.15) is 0 Å². The largest absolute Gasteiger partial charge is 0.481 e. The van der Waals surface area contributed by atoms with Crippen molar-refractivity contribution in [3.05, 3.63) is 29.8 Å². The molecule has 1 amide bonds. The van der Waals surface area contributed by atoms with E-state index in [1.54, 1.807) is 0 Å². The second-order valence-electron chi connectivity index (χ2n) is 5.59. The summed E-state index contributed by atoms with van der Waals surface area (Å²) in [7, 11) is 0. The van der Waals surface area contributed by atoms with E-state index in [9.17, 15) is 4.79 Å². The molecule has 1 N–H and O–H groups in total. The van der Waals surface area contributed by atoms with Gasteiger partial charge >= 0.3 is 0 Å².